The third-order valence-corrected chi connectivity index (χ3v) is 4.77. The number of hydrogen-bond acceptors (Lipinski definition) is 4. The molecule has 1 aromatic rings. The van der Waals surface area contributed by atoms with Gasteiger partial charge < -0.3 is 19.9 Å². The van der Waals surface area contributed by atoms with Gasteiger partial charge in [0.15, 0.2) is 0 Å². The minimum atomic E-state index is -0.197. The van der Waals surface area contributed by atoms with E-state index in [1.807, 2.05) is 4.90 Å². The van der Waals surface area contributed by atoms with Crippen LogP contribution in [0.4, 0.5) is 5.69 Å². The highest BCUT2D eigenvalue weighted by atomic mass is 16.5. The van der Waals surface area contributed by atoms with Crippen LogP contribution < -0.4 is 10.1 Å². The SMILES string of the molecule is COc1ccc(NC(C)=O)cc1C(=O)N1CCCN(C(=O)C2CC2)CC1. The Kier molecular flexibility index (Phi) is 5.44. The second-order valence-electron chi connectivity index (χ2n) is 6.84. The molecule has 7 nitrogen and oxygen atoms in total. The molecule has 26 heavy (non-hydrogen) atoms. The van der Waals surface area contributed by atoms with Crippen LogP contribution in [0.5, 0.6) is 5.75 Å². The van der Waals surface area contributed by atoms with Crippen LogP contribution in [0, 0.1) is 5.92 Å². The average Bonchev–Trinajstić information content (AvgIpc) is 3.46. The van der Waals surface area contributed by atoms with Crippen LogP contribution in [0.1, 0.15) is 36.5 Å². The van der Waals surface area contributed by atoms with Crippen LogP contribution in [-0.4, -0.2) is 60.8 Å². The average molecular weight is 359 g/mol. The molecule has 0 aromatic heterocycles. The van der Waals surface area contributed by atoms with Crippen molar-refractivity contribution in [2.75, 3.05) is 38.6 Å². The number of carbonyl (C=O) groups is 3. The lowest BCUT2D eigenvalue weighted by Crippen LogP contribution is -2.38. The van der Waals surface area contributed by atoms with E-state index in [0.717, 1.165) is 19.3 Å². The van der Waals surface area contributed by atoms with E-state index in [1.54, 1.807) is 23.1 Å². The Morgan fingerprint density at radius 2 is 1.77 bits per heavy atom. The van der Waals surface area contributed by atoms with Crippen LogP contribution in [0.25, 0.3) is 0 Å². The van der Waals surface area contributed by atoms with Crippen LogP contribution in [0.15, 0.2) is 18.2 Å². The number of rotatable bonds is 4. The minimum absolute atomic E-state index is 0.144. The first-order valence-electron chi connectivity index (χ1n) is 9.03. The van der Waals surface area contributed by atoms with Crippen molar-refractivity contribution < 1.29 is 19.1 Å². The van der Waals surface area contributed by atoms with E-state index in [9.17, 15) is 14.4 Å². The molecule has 3 amide bonds. The molecule has 140 valence electrons. The molecule has 0 atom stereocenters. The van der Waals surface area contributed by atoms with Crippen molar-refractivity contribution in [3.63, 3.8) is 0 Å². The van der Waals surface area contributed by atoms with Gasteiger partial charge in [0.1, 0.15) is 5.75 Å². The molecule has 2 fully saturated rings. The van der Waals surface area contributed by atoms with Gasteiger partial charge in [-0.2, -0.15) is 0 Å². The van der Waals surface area contributed by atoms with Gasteiger partial charge in [-0.05, 0) is 37.5 Å². The zero-order valence-electron chi connectivity index (χ0n) is 15.3. The molecule has 1 heterocycles. The Morgan fingerprint density at radius 1 is 1.08 bits per heavy atom. The van der Waals surface area contributed by atoms with Crippen molar-refractivity contribution >= 4 is 23.4 Å². The molecule has 0 radical (unpaired) electrons. The molecule has 1 saturated heterocycles. The largest absolute Gasteiger partial charge is 0.496 e. The summed E-state index contributed by atoms with van der Waals surface area (Å²) in [5.74, 6) is 0.558. The number of hydrogen-bond donors (Lipinski definition) is 1. The smallest absolute Gasteiger partial charge is 0.257 e. The maximum absolute atomic E-state index is 13.0. The highest BCUT2D eigenvalue weighted by molar-refractivity contribution is 5.99. The maximum Gasteiger partial charge on any atom is 0.257 e. The molecule has 1 aliphatic carbocycles. The Hall–Kier alpha value is -2.57. The van der Waals surface area contributed by atoms with Crippen LogP contribution in [-0.2, 0) is 9.59 Å². The van der Waals surface area contributed by atoms with Gasteiger partial charge in [0.05, 0.1) is 12.7 Å². The number of anilines is 1. The number of carbonyl (C=O) groups excluding carboxylic acids is 3. The van der Waals surface area contributed by atoms with Crippen LogP contribution in [0.3, 0.4) is 0 Å². The summed E-state index contributed by atoms with van der Waals surface area (Å²) in [4.78, 5) is 40.2. The lowest BCUT2D eigenvalue weighted by atomic mass is 10.1. The van der Waals surface area contributed by atoms with Crippen molar-refractivity contribution in [1.82, 2.24) is 9.80 Å². The molecule has 0 spiro atoms. The summed E-state index contributed by atoms with van der Waals surface area (Å²) < 4.78 is 5.32. The number of nitrogens with one attached hydrogen (secondary N) is 1. The first-order valence-corrected chi connectivity index (χ1v) is 9.03. The molecule has 3 rings (SSSR count). The van der Waals surface area contributed by atoms with E-state index < -0.39 is 0 Å². The van der Waals surface area contributed by atoms with Gasteiger partial charge in [0, 0.05) is 44.7 Å². The second kappa shape index (κ2) is 7.76. The summed E-state index contributed by atoms with van der Waals surface area (Å²) in [6, 6.07) is 5.02. The molecule has 1 N–H and O–H groups in total. The van der Waals surface area contributed by atoms with Gasteiger partial charge in [0.25, 0.3) is 5.91 Å². The third kappa shape index (κ3) is 4.15. The van der Waals surface area contributed by atoms with E-state index >= 15 is 0 Å². The third-order valence-electron chi connectivity index (χ3n) is 4.77. The highest BCUT2D eigenvalue weighted by Crippen LogP contribution is 2.31. The Bertz CT molecular complexity index is 715. The summed E-state index contributed by atoms with van der Waals surface area (Å²) in [7, 11) is 1.52. The Labute approximate surface area is 153 Å². The summed E-state index contributed by atoms with van der Waals surface area (Å²) in [6.45, 7) is 3.79. The summed E-state index contributed by atoms with van der Waals surface area (Å²) in [5.41, 5.74) is 0.975. The van der Waals surface area contributed by atoms with Crippen molar-refractivity contribution in [1.29, 1.82) is 0 Å². The molecule has 2 aliphatic rings. The maximum atomic E-state index is 13.0. The highest BCUT2D eigenvalue weighted by Gasteiger charge is 2.34. The molecule has 0 unspecified atom stereocenters. The first kappa shape index (κ1) is 18.2. The zero-order chi connectivity index (χ0) is 18.7. The molecular formula is C19H25N3O4. The van der Waals surface area contributed by atoms with Crippen LogP contribution in [0.2, 0.25) is 0 Å². The lowest BCUT2D eigenvalue weighted by molar-refractivity contribution is -0.132. The first-order chi connectivity index (χ1) is 12.5. The van der Waals surface area contributed by atoms with Gasteiger partial charge >= 0.3 is 0 Å². The number of ether oxygens (including phenoxy) is 1. The molecule has 0 bridgehead atoms. The number of nitrogens with zero attached hydrogens (tertiary/aromatic N) is 2. The van der Waals surface area contributed by atoms with Crippen molar-refractivity contribution in [2.45, 2.75) is 26.2 Å². The van der Waals surface area contributed by atoms with Crippen LogP contribution >= 0.6 is 0 Å². The zero-order valence-corrected chi connectivity index (χ0v) is 15.3. The van der Waals surface area contributed by atoms with Crippen molar-refractivity contribution in [2.24, 2.45) is 5.92 Å². The topological polar surface area (TPSA) is 79.0 Å². The Balaban J connectivity index is 1.73. The quantitative estimate of drug-likeness (QED) is 0.888. The molecule has 7 heteroatoms. The fourth-order valence-corrected chi connectivity index (χ4v) is 3.26. The van der Waals surface area contributed by atoms with Crippen molar-refractivity contribution in [3.8, 4) is 5.75 Å². The number of amides is 3. The van der Waals surface area contributed by atoms with Gasteiger partial charge in [-0.1, -0.05) is 0 Å². The van der Waals surface area contributed by atoms with E-state index in [2.05, 4.69) is 5.32 Å². The number of benzene rings is 1. The minimum Gasteiger partial charge on any atom is -0.496 e. The second-order valence-corrected chi connectivity index (χ2v) is 6.84. The lowest BCUT2D eigenvalue weighted by Gasteiger charge is -2.23. The van der Waals surface area contributed by atoms with E-state index in [1.165, 1.54) is 14.0 Å². The van der Waals surface area contributed by atoms with Gasteiger partial charge in [0.2, 0.25) is 11.8 Å². The van der Waals surface area contributed by atoms with Crippen molar-refractivity contribution in [3.05, 3.63) is 23.8 Å². The molecule has 1 saturated carbocycles. The summed E-state index contributed by atoms with van der Waals surface area (Å²) in [6.07, 6.45) is 2.74. The van der Waals surface area contributed by atoms with E-state index in [-0.39, 0.29) is 23.6 Å². The van der Waals surface area contributed by atoms with Gasteiger partial charge in [-0.25, -0.2) is 0 Å². The summed E-state index contributed by atoms with van der Waals surface area (Å²) in [5, 5.41) is 2.69. The predicted molar refractivity (Wildman–Crippen MR) is 97.1 cm³/mol. The molecule has 1 aliphatic heterocycles. The standard InChI is InChI=1S/C19H25N3O4/c1-13(23)20-15-6-7-17(26-2)16(12-15)19(25)22-9-3-8-21(10-11-22)18(24)14-4-5-14/h6-7,12,14H,3-5,8-11H2,1-2H3,(H,20,23). The van der Waals surface area contributed by atoms with Gasteiger partial charge in [-0.15, -0.1) is 0 Å². The van der Waals surface area contributed by atoms with E-state index in [4.69, 9.17) is 4.74 Å². The number of methoxy groups -OCH3 is 1. The van der Waals surface area contributed by atoms with E-state index in [0.29, 0.717) is 43.2 Å². The molecular weight excluding hydrogens is 334 g/mol. The fourth-order valence-electron chi connectivity index (χ4n) is 3.26. The monoisotopic (exact) mass is 359 g/mol. The predicted octanol–water partition coefficient (Wildman–Crippen LogP) is 1.74. The van der Waals surface area contributed by atoms with Gasteiger partial charge in [-0.3, -0.25) is 14.4 Å². The summed E-state index contributed by atoms with van der Waals surface area (Å²) >= 11 is 0. The normalized spacial score (nSPS) is 17.5. The molecule has 1 aromatic carbocycles. The Morgan fingerprint density at radius 3 is 2.42 bits per heavy atom. The fraction of sp³-hybridized carbons (Fsp3) is 0.526.